The number of carboxylic acids is 1. The summed E-state index contributed by atoms with van der Waals surface area (Å²) in [7, 11) is 0. The van der Waals surface area contributed by atoms with Gasteiger partial charge in [0.25, 0.3) is 0 Å². The Morgan fingerprint density at radius 1 is 1.20 bits per heavy atom. The van der Waals surface area contributed by atoms with Crippen molar-refractivity contribution in [3.8, 4) is 0 Å². The largest absolute Gasteiger partial charge is 0.480 e. The van der Waals surface area contributed by atoms with E-state index in [9.17, 15) is 9.59 Å². The molecule has 0 spiro atoms. The zero-order valence-electron chi connectivity index (χ0n) is 8.48. The van der Waals surface area contributed by atoms with E-state index in [0.717, 1.165) is 0 Å². The van der Waals surface area contributed by atoms with Gasteiger partial charge in [-0.25, -0.2) is 4.79 Å². The lowest BCUT2D eigenvalue weighted by atomic mass is 10.1. The van der Waals surface area contributed by atoms with E-state index in [0.29, 0.717) is 6.42 Å². The molecular weight excluding hydrogens is 200 g/mol. The van der Waals surface area contributed by atoms with Crippen LogP contribution in [0.5, 0.6) is 0 Å². The van der Waals surface area contributed by atoms with Crippen LogP contribution in [0.15, 0.2) is 0 Å². The van der Waals surface area contributed by atoms with E-state index in [1.165, 1.54) is 0 Å². The van der Waals surface area contributed by atoms with Crippen LogP contribution in [0.1, 0.15) is 12.8 Å². The van der Waals surface area contributed by atoms with Crippen molar-refractivity contribution >= 4 is 11.9 Å². The fraction of sp³-hybridized carbons (Fsp3) is 0.750. The van der Waals surface area contributed by atoms with Gasteiger partial charge in [-0.3, -0.25) is 4.79 Å². The second-order valence-electron chi connectivity index (χ2n) is 3.16. The first-order valence-electron chi connectivity index (χ1n) is 4.71. The maximum atomic E-state index is 11.3. The molecule has 8 N–H and O–H groups in total. The van der Waals surface area contributed by atoms with Crippen LogP contribution in [0.3, 0.4) is 0 Å². The van der Waals surface area contributed by atoms with Crippen molar-refractivity contribution in [2.24, 2.45) is 17.2 Å². The molecule has 0 aromatic carbocycles. The average Bonchev–Trinajstić information content (AvgIpc) is 2.17. The van der Waals surface area contributed by atoms with Crippen LogP contribution in [-0.4, -0.2) is 42.2 Å². The summed E-state index contributed by atoms with van der Waals surface area (Å²) < 4.78 is 0. The molecule has 0 aromatic heterocycles. The summed E-state index contributed by atoms with van der Waals surface area (Å²) in [6.45, 7) is 0.465. The normalized spacial score (nSPS) is 14.3. The van der Waals surface area contributed by atoms with E-state index in [4.69, 9.17) is 22.3 Å². The highest BCUT2D eigenvalue weighted by Crippen LogP contribution is 1.93. The molecule has 0 fully saturated rings. The van der Waals surface area contributed by atoms with Crippen LogP contribution in [0, 0.1) is 0 Å². The molecule has 1 amide bonds. The predicted octanol–water partition coefficient (Wildman–Crippen LogP) is -2.42. The highest BCUT2D eigenvalue weighted by molar-refractivity contribution is 5.86. The van der Waals surface area contributed by atoms with Crippen LogP contribution >= 0.6 is 0 Å². The van der Waals surface area contributed by atoms with E-state index in [2.05, 4.69) is 5.32 Å². The average molecular weight is 218 g/mol. The van der Waals surface area contributed by atoms with Gasteiger partial charge < -0.3 is 27.6 Å². The van der Waals surface area contributed by atoms with Gasteiger partial charge in [0.2, 0.25) is 5.91 Å². The molecule has 7 heteroatoms. The quantitative estimate of drug-likeness (QED) is 0.321. The monoisotopic (exact) mass is 218 g/mol. The fourth-order valence-electron chi connectivity index (χ4n) is 1.01. The number of aliphatic carboxylic acids is 1. The molecule has 0 heterocycles. The van der Waals surface area contributed by atoms with Crippen molar-refractivity contribution in [2.75, 3.05) is 13.1 Å². The molecule has 0 radical (unpaired) electrons. The number of carbonyl (C=O) groups is 2. The maximum Gasteiger partial charge on any atom is 0.326 e. The maximum absolute atomic E-state index is 11.3. The van der Waals surface area contributed by atoms with Gasteiger partial charge in [0.05, 0.1) is 6.04 Å². The van der Waals surface area contributed by atoms with Gasteiger partial charge in [-0.15, -0.1) is 0 Å². The highest BCUT2D eigenvalue weighted by Gasteiger charge is 2.21. The number of carboxylic acid groups (broad SMARTS) is 1. The van der Waals surface area contributed by atoms with Gasteiger partial charge in [0.15, 0.2) is 0 Å². The number of nitrogens with two attached hydrogens (primary N) is 3. The van der Waals surface area contributed by atoms with E-state index in [1.54, 1.807) is 0 Å². The van der Waals surface area contributed by atoms with Crippen molar-refractivity contribution in [1.82, 2.24) is 5.32 Å². The third-order valence-corrected chi connectivity index (χ3v) is 1.88. The van der Waals surface area contributed by atoms with Crippen LogP contribution < -0.4 is 22.5 Å². The third kappa shape index (κ3) is 5.31. The lowest BCUT2D eigenvalue weighted by Crippen LogP contribution is -2.49. The molecule has 0 aliphatic carbocycles. The van der Waals surface area contributed by atoms with Crippen molar-refractivity contribution in [2.45, 2.75) is 24.9 Å². The zero-order chi connectivity index (χ0) is 11.8. The van der Waals surface area contributed by atoms with Crippen LogP contribution in [-0.2, 0) is 9.59 Å². The highest BCUT2D eigenvalue weighted by atomic mass is 16.4. The Morgan fingerprint density at radius 2 is 1.73 bits per heavy atom. The minimum atomic E-state index is -1.12. The molecule has 15 heavy (non-hydrogen) atoms. The summed E-state index contributed by atoms with van der Waals surface area (Å²) >= 11 is 0. The van der Waals surface area contributed by atoms with Gasteiger partial charge in [-0.05, 0) is 25.9 Å². The SMILES string of the molecule is NCC[C@H](NC(=O)[C@@H](N)CCN)C(=O)O. The van der Waals surface area contributed by atoms with Crippen LogP contribution in [0.4, 0.5) is 0 Å². The minimum Gasteiger partial charge on any atom is -0.480 e. The Balaban J connectivity index is 4.15. The molecule has 7 nitrogen and oxygen atoms in total. The number of hydrogen-bond acceptors (Lipinski definition) is 5. The lowest BCUT2D eigenvalue weighted by molar-refractivity contribution is -0.142. The Bertz CT molecular complexity index is 222. The summed E-state index contributed by atoms with van der Waals surface area (Å²) in [4.78, 5) is 22.0. The van der Waals surface area contributed by atoms with Crippen LogP contribution in [0.2, 0.25) is 0 Å². The number of nitrogens with one attached hydrogen (secondary N) is 1. The van der Waals surface area contributed by atoms with Crippen molar-refractivity contribution < 1.29 is 14.7 Å². The molecule has 0 bridgehead atoms. The Kier molecular flexibility index (Phi) is 6.59. The van der Waals surface area contributed by atoms with Crippen molar-refractivity contribution in [3.05, 3.63) is 0 Å². The summed E-state index contributed by atoms with van der Waals surface area (Å²) in [6, 6.07) is -1.75. The third-order valence-electron chi connectivity index (χ3n) is 1.88. The number of carbonyl (C=O) groups excluding carboxylic acids is 1. The van der Waals surface area contributed by atoms with E-state index in [-0.39, 0.29) is 19.5 Å². The fourth-order valence-corrected chi connectivity index (χ4v) is 1.01. The number of amides is 1. The summed E-state index contributed by atoms with van der Waals surface area (Å²) in [5.41, 5.74) is 15.9. The molecule has 0 saturated heterocycles. The number of rotatable bonds is 7. The summed E-state index contributed by atoms with van der Waals surface area (Å²) in [5, 5.41) is 11.0. The summed E-state index contributed by atoms with van der Waals surface area (Å²) in [5.74, 6) is -1.63. The molecular formula is C8H18N4O3. The second-order valence-corrected chi connectivity index (χ2v) is 3.16. The zero-order valence-corrected chi connectivity index (χ0v) is 8.48. The first-order chi connectivity index (χ1) is 7.02. The lowest BCUT2D eigenvalue weighted by Gasteiger charge is -2.16. The Morgan fingerprint density at radius 3 is 2.13 bits per heavy atom. The Labute approximate surface area is 88.0 Å². The van der Waals surface area contributed by atoms with Gasteiger partial charge in [0, 0.05) is 0 Å². The molecule has 0 aliphatic heterocycles. The molecule has 0 unspecified atom stereocenters. The summed E-state index contributed by atoms with van der Waals surface area (Å²) in [6.07, 6.45) is 0.497. The molecule has 0 rings (SSSR count). The second kappa shape index (κ2) is 7.16. The Hall–Kier alpha value is -1.18. The minimum absolute atomic E-state index is 0.177. The molecule has 0 aromatic rings. The first-order valence-corrected chi connectivity index (χ1v) is 4.71. The van der Waals surface area contributed by atoms with Crippen molar-refractivity contribution in [1.29, 1.82) is 0 Å². The van der Waals surface area contributed by atoms with Gasteiger partial charge >= 0.3 is 5.97 Å². The van der Waals surface area contributed by atoms with E-state index in [1.807, 2.05) is 0 Å². The van der Waals surface area contributed by atoms with Gasteiger partial charge in [0.1, 0.15) is 6.04 Å². The molecule has 88 valence electrons. The topological polar surface area (TPSA) is 144 Å². The van der Waals surface area contributed by atoms with Gasteiger partial charge in [-0.1, -0.05) is 0 Å². The first kappa shape index (κ1) is 13.8. The molecule has 2 atom stereocenters. The van der Waals surface area contributed by atoms with E-state index < -0.39 is 24.0 Å². The molecule has 0 saturated carbocycles. The molecule has 0 aliphatic rings. The standard InChI is InChI=1S/C8H18N4O3/c9-3-1-5(11)7(13)12-6(2-4-10)8(14)15/h5-6H,1-4,9-11H2,(H,12,13)(H,14,15)/t5-,6-/m0/s1. The van der Waals surface area contributed by atoms with E-state index >= 15 is 0 Å². The smallest absolute Gasteiger partial charge is 0.326 e. The van der Waals surface area contributed by atoms with Crippen molar-refractivity contribution in [3.63, 3.8) is 0 Å². The predicted molar refractivity (Wildman–Crippen MR) is 54.9 cm³/mol. The van der Waals surface area contributed by atoms with Gasteiger partial charge in [-0.2, -0.15) is 0 Å². The van der Waals surface area contributed by atoms with Crippen LogP contribution in [0.25, 0.3) is 0 Å². The number of hydrogen-bond donors (Lipinski definition) is 5.